The molecule has 2 amide bonds. The van der Waals surface area contributed by atoms with Gasteiger partial charge in [0.05, 0.1) is 6.04 Å². The van der Waals surface area contributed by atoms with E-state index in [0.717, 1.165) is 22.4 Å². The van der Waals surface area contributed by atoms with Gasteiger partial charge in [0.2, 0.25) is 0 Å². The van der Waals surface area contributed by atoms with Gasteiger partial charge in [0.1, 0.15) is 5.82 Å². The van der Waals surface area contributed by atoms with Crippen molar-refractivity contribution in [3.8, 4) is 11.4 Å². The van der Waals surface area contributed by atoms with Crippen molar-refractivity contribution in [1.82, 2.24) is 25.5 Å². The smallest absolute Gasteiger partial charge is 0.319 e. The van der Waals surface area contributed by atoms with Crippen LogP contribution in [-0.2, 0) is 0 Å². The first-order valence-electron chi connectivity index (χ1n) is 8.01. The summed E-state index contributed by atoms with van der Waals surface area (Å²) in [5, 5.41) is 12.8. The first-order valence-corrected chi connectivity index (χ1v) is 8.01. The molecule has 2 heterocycles. The molecule has 128 valence electrons. The normalized spacial score (nSPS) is 11.8. The van der Waals surface area contributed by atoms with Crippen molar-refractivity contribution in [2.45, 2.75) is 26.8 Å². The maximum atomic E-state index is 12.3. The number of nitrogens with zero attached hydrogens (tertiary/aromatic N) is 3. The zero-order chi connectivity index (χ0) is 17.8. The number of aromatic nitrogens is 4. The molecule has 0 aliphatic carbocycles. The lowest BCUT2D eigenvalue weighted by molar-refractivity contribution is 0.249. The molecule has 0 radical (unpaired) electrons. The average molecular weight is 336 g/mol. The van der Waals surface area contributed by atoms with Crippen LogP contribution in [0, 0.1) is 13.8 Å². The molecule has 0 aliphatic heterocycles. The number of carbonyl (C=O) groups is 1. The molecular formula is C18H20N6O. The van der Waals surface area contributed by atoms with Crippen molar-refractivity contribution in [1.29, 1.82) is 0 Å². The molecule has 0 saturated carbocycles. The van der Waals surface area contributed by atoms with Crippen LogP contribution in [0.4, 0.5) is 10.5 Å². The van der Waals surface area contributed by atoms with Crippen LogP contribution >= 0.6 is 0 Å². The topological polar surface area (TPSA) is 95.6 Å². The van der Waals surface area contributed by atoms with Crippen molar-refractivity contribution in [2.75, 3.05) is 5.32 Å². The fourth-order valence-electron chi connectivity index (χ4n) is 2.52. The maximum absolute atomic E-state index is 12.3. The third-order valence-corrected chi connectivity index (χ3v) is 3.90. The Balaban J connectivity index is 1.67. The predicted molar refractivity (Wildman–Crippen MR) is 96.1 cm³/mol. The summed E-state index contributed by atoms with van der Waals surface area (Å²) in [5.74, 6) is 1.13. The molecule has 0 aliphatic rings. The number of amides is 2. The number of hydrogen-bond donors (Lipinski definition) is 3. The highest BCUT2D eigenvalue weighted by Gasteiger charge is 2.15. The van der Waals surface area contributed by atoms with Crippen LogP contribution in [0.5, 0.6) is 0 Å². The number of carbonyl (C=O) groups excluding carboxylic acids is 1. The molecule has 3 rings (SSSR count). The molecular weight excluding hydrogens is 316 g/mol. The third kappa shape index (κ3) is 3.82. The molecule has 3 aromatic rings. The standard InChI is InChI=1S/C18H20N6O/c1-11-6-4-7-12(2)15(11)21-18(25)20-13(3)16-22-17(24-23-16)14-8-5-9-19-10-14/h4-10,13H,1-3H3,(H2,20,21,25)(H,22,23,24)/t13-/m1/s1. The minimum atomic E-state index is -0.317. The number of H-pyrrole nitrogens is 1. The van der Waals surface area contributed by atoms with Gasteiger partial charge in [-0.3, -0.25) is 10.1 Å². The van der Waals surface area contributed by atoms with Crippen LogP contribution in [0.15, 0.2) is 42.7 Å². The summed E-state index contributed by atoms with van der Waals surface area (Å²) in [6.07, 6.45) is 3.39. The number of rotatable bonds is 4. The molecule has 2 aromatic heterocycles. The average Bonchev–Trinajstić information content (AvgIpc) is 3.09. The lowest BCUT2D eigenvalue weighted by Crippen LogP contribution is -2.32. The molecule has 1 aromatic carbocycles. The summed E-state index contributed by atoms with van der Waals surface area (Å²) >= 11 is 0. The zero-order valence-corrected chi connectivity index (χ0v) is 14.4. The molecule has 0 bridgehead atoms. The van der Waals surface area contributed by atoms with Gasteiger partial charge in [-0.05, 0) is 44.0 Å². The van der Waals surface area contributed by atoms with Gasteiger partial charge in [-0.25, -0.2) is 9.78 Å². The summed E-state index contributed by atoms with van der Waals surface area (Å²) in [7, 11) is 0. The maximum Gasteiger partial charge on any atom is 0.319 e. The van der Waals surface area contributed by atoms with E-state index in [9.17, 15) is 4.79 Å². The molecule has 7 heteroatoms. The Hall–Kier alpha value is -3.22. The van der Waals surface area contributed by atoms with Crippen molar-refractivity contribution in [3.05, 3.63) is 59.7 Å². The number of aryl methyl sites for hydroxylation is 2. The van der Waals surface area contributed by atoms with Crippen LogP contribution in [0.1, 0.15) is 29.9 Å². The van der Waals surface area contributed by atoms with E-state index in [1.54, 1.807) is 12.4 Å². The van der Waals surface area contributed by atoms with Gasteiger partial charge >= 0.3 is 6.03 Å². The number of nitrogens with one attached hydrogen (secondary N) is 3. The lowest BCUT2D eigenvalue weighted by Gasteiger charge is -2.15. The number of pyridine rings is 1. The minimum Gasteiger partial charge on any atom is -0.328 e. The van der Waals surface area contributed by atoms with Crippen LogP contribution in [-0.4, -0.2) is 26.2 Å². The van der Waals surface area contributed by atoms with E-state index in [0.29, 0.717) is 11.6 Å². The van der Waals surface area contributed by atoms with Gasteiger partial charge in [-0.2, -0.15) is 5.10 Å². The molecule has 7 nitrogen and oxygen atoms in total. The monoisotopic (exact) mass is 336 g/mol. The minimum absolute atomic E-state index is 0.288. The van der Waals surface area contributed by atoms with Gasteiger partial charge < -0.3 is 10.6 Å². The lowest BCUT2D eigenvalue weighted by atomic mass is 10.1. The van der Waals surface area contributed by atoms with E-state index >= 15 is 0 Å². The first-order chi connectivity index (χ1) is 12.0. The number of anilines is 1. The Bertz CT molecular complexity index is 854. The number of hydrogen-bond acceptors (Lipinski definition) is 4. The number of aromatic amines is 1. The Morgan fingerprint density at radius 3 is 2.60 bits per heavy atom. The van der Waals surface area contributed by atoms with Crippen LogP contribution in [0.25, 0.3) is 11.4 Å². The summed E-state index contributed by atoms with van der Waals surface area (Å²) in [4.78, 5) is 20.8. The Labute approximate surface area is 145 Å². The highest BCUT2D eigenvalue weighted by Crippen LogP contribution is 2.20. The van der Waals surface area contributed by atoms with Gasteiger partial charge in [-0.1, -0.05) is 18.2 Å². The van der Waals surface area contributed by atoms with E-state index in [1.165, 1.54) is 0 Å². The summed E-state index contributed by atoms with van der Waals surface area (Å²) in [6, 6.07) is 8.99. The molecule has 3 N–H and O–H groups in total. The molecule has 0 unspecified atom stereocenters. The van der Waals surface area contributed by atoms with Crippen LogP contribution in [0.2, 0.25) is 0 Å². The number of benzene rings is 1. The van der Waals surface area contributed by atoms with E-state index in [-0.39, 0.29) is 12.1 Å². The largest absolute Gasteiger partial charge is 0.328 e. The second kappa shape index (κ2) is 7.12. The Morgan fingerprint density at radius 2 is 1.92 bits per heavy atom. The fourth-order valence-corrected chi connectivity index (χ4v) is 2.52. The van der Waals surface area contributed by atoms with Crippen molar-refractivity contribution in [2.24, 2.45) is 0 Å². The second-order valence-electron chi connectivity index (χ2n) is 5.87. The van der Waals surface area contributed by atoms with Crippen LogP contribution < -0.4 is 10.6 Å². The van der Waals surface area contributed by atoms with Gasteiger partial charge in [0, 0.05) is 23.6 Å². The molecule has 0 saturated heterocycles. The van der Waals surface area contributed by atoms with Crippen molar-refractivity contribution < 1.29 is 4.79 Å². The van der Waals surface area contributed by atoms with Crippen molar-refractivity contribution in [3.63, 3.8) is 0 Å². The van der Waals surface area contributed by atoms with Crippen molar-refractivity contribution >= 4 is 11.7 Å². The van der Waals surface area contributed by atoms with E-state index in [2.05, 4.69) is 30.8 Å². The highest BCUT2D eigenvalue weighted by atomic mass is 16.2. The summed E-state index contributed by atoms with van der Waals surface area (Å²) < 4.78 is 0. The van der Waals surface area contributed by atoms with Gasteiger partial charge in [0.15, 0.2) is 5.82 Å². The molecule has 0 spiro atoms. The zero-order valence-electron chi connectivity index (χ0n) is 14.4. The first kappa shape index (κ1) is 16.6. The van der Waals surface area contributed by atoms with E-state index < -0.39 is 0 Å². The van der Waals surface area contributed by atoms with E-state index in [1.807, 2.05) is 51.1 Å². The summed E-state index contributed by atoms with van der Waals surface area (Å²) in [6.45, 7) is 5.77. The van der Waals surface area contributed by atoms with Gasteiger partial charge in [0.25, 0.3) is 0 Å². The fraction of sp³-hybridized carbons (Fsp3) is 0.222. The Morgan fingerprint density at radius 1 is 1.16 bits per heavy atom. The van der Waals surface area contributed by atoms with Crippen LogP contribution in [0.3, 0.4) is 0 Å². The third-order valence-electron chi connectivity index (χ3n) is 3.90. The van der Waals surface area contributed by atoms with E-state index in [4.69, 9.17) is 0 Å². The molecule has 0 fully saturated rings. The highest BCUT2D eigenvalue weighted by molar-refractivity contribution is 5.91. The SMILES string of the molecule is Cc1cccc(C)c1NC(=O)N[C@H](C)c1nc(-c2cccnc2)n[nH]1. The number of urea groups is 1. The predicted octanol–water partition coefficient (Wildman–Crippen LogP) is 3.37. The van der Waals surface area contributed by atoms with Gasteiger partial charge in [-0.15, -0.1) is 0 Å². The summed E-state index contributed by atoms with van der Waals surface area (Å²) in [5.41, 5.74) is 3.67. The Kier molecular flexibility index (Phi) is 4.74. The second-order valence-corrected chi connectivity index (χ2v) is 5.87. The molecule has 1 atom stereocenters. The quantitative estimate of drug-likeness (QED) is 0.680. The number of para-hydroxylation sites is 1. The molecule has 25 heavy (non-hydrogen) atoms.